The summed E-state index contributed by atoms with van der Waals surface area (Å²) < 4.78 is 6.46. The molecule has 0 saturated heterocycles. The molecule has 0 aliphatic rings. The first-order chi connectivity index (χ1) is 10.5. The van der Waals surface area contributed by atoms with E-state index in [1.165, 1.54) is 0 Å². The van der Waals surface area contributed by atoms with Gasteiger partial charge in [0.25, 0.3) is 0 Å². The van der Waals surface area contributed by atoms with E-state index in [0.717, 1.165) is 10.2 Å². The largest absolute Gasteiger partial charge is 0.492 e. The molecule has 1 heterocycles. The van der Waals surface area contributed by atoms with Crippen LogP contribution >= 0.6 is 27.5 Å². The van der Waals surface area contributed by atoms with E-state index in [4.69, 9.17) is 16.3 Å². The average molecular weight is 384 g/mol. The molecule has 0 aliphatic carbocycles. The van der Waals surface area contributed by atoms with Crippen molar-refractivity contribution in [2.45, 2.75) is 19.8 Å². The fraction of sp³-hybridized carbons (Fsp3) is 0.250. The number of nitrogens with zero attached hydrogens (tertiary/aromatic N) is 1. The normalized spacial score (nSPS) is 10.3. The summed E-state index contributed by atoms with van der Waals surface area (Å²) in [6, 6.07) is 9.11. The molecule has 1 aromatic carbocycles. The Balaban J connectivity index is 1.72. The lowest BCUT2D eigenvalue weighted by atomic mass is 10.3. The van der Waals surface area contributed by atoms with Crippen LogP contribution in [0.2, 0.25) is 5.02 Å². The van der Waals surface area contributed by atoms with Gasteiger partial charge in [0.1, 0.15) is 5.75 Å². The highest BCUT2D eigenvalue weighted by molar-refractivity contribution is 9.10. The molecule has 0 aliphatic heterocycles. The number of carbonyl (C=O) groups is 1. The number of halogens is 2. The van der Waals surface area contributed by atoms with Gasteiger partial charge in [0.05, 0.1) is 23.5 Å². The molecule has 0 bridgehead atoms. The quantitative estimate of drug-likeness (QED) is 0.741. The first-order valence-electron chi connectivity index (χ1n) is 6.85. The van der Waals surface area contributed by atoms with E-state index in [1.54, 1.807) is 18.3 Å². The third kappa shape index (κ3) is 5.31. The Morgan fingerprint density at radius 3 is 2.86 bits per heavy atom. The number of nitrogens with one attached hydrogen (secondary N) is 1. The van der Waals surface area contributed by atoms with Crippen molar-refractivity contribution in [1.29, 1.82) is 0 Å². The summed E-state index contributed by atoms with van der Waals surface area (Å²) in [5.74, 6) is 0.559. The maximum absolute atomic E-state index is 11.8. The lowest BCUT2D eigenvalue weighted by molar-refractivity contribution is -0.116. The Hall–Kier alpha value is -1.59. The zero-order chi connectivity index (χ0) is 15.9. The van der Waals surface area contributed by atoms with Crippen LogP contribution in [-0.4, -0.2) is 17.5 Å². The van der Waals surface area contributed by atoms with Crippen molar-refractivity contribution in [2.75, 3.05) is 11.9 Å². The lowest BCUT2D eigenvalue weighted by Crippen LogP contribution is -2.13. The summed E-state index contributed by atoms with van der Waals surface area (Å²) in [5.41, 5.74) is 1.62. The van der Waals surface area contributed by atoms with E-state index >= 15 is 0 Å². The molecule has 6 heteroatoms. The summed E-state index contributed by atoms with van der Waals surface area (Å²) in [5, 5.41) is 3.34. The van der Waals surface area contributed by atoms with Crippen LogP contribution in [0.15, 0.2) is 41.0 Å². The molecular formula is C16H16BrClN2O2. The van der Waals surface area contributed by atoms with Crippen molar-refractivity contribution in [2.24, 2.45) is 0 Å². The van der Waals surface area contributed by atoms with Gasteiger partial charge in [-0.1, -0.05) is 27.5 Å². The molecule has 0 fully saturated rings. The zero-order valence-corrected chi connectivity index (χ0v) is 14.4. The topological polar surface area (TPSA) is 51.2 Å². The van der Waals surface area contributed by atoms with Crippen LogP contribution in [0, 0.1) is 6.92 Å². The van der Waals surface area contributed by atoms with Gasteiger partial charge < -0.3 is 10.1 Å². The first kappa shape index (κ1) is 16.8. The van der Waals surface area contributed by atoms with Crippen molar-refractivity contribution in [1.82, 2.24) is 4.98 Å². The molecule has 1 amide bonds. The van der Waals surface area contributed by atoms with Gasteiger partial charge in [0.15, 0.2) is 0 Å². The summed E-state index contributed by atoms with van der Waals surface area (Å²) in [6.45, 7) is 2.33. The second-order valence-corrected chi connectivity index (χ2v) is 6.09. The van der Waals surface area contributed by atoms with E-state index in [-0.39, 0.29) is 5.91 Å². The first-order valence-corrected chi connectivity index (χ1v) is 8.02. The summed E-state index contributed by atoms with van der Waals surface area (Å²) in [7, 11) is 0. The maximum Gasteiger partial charge on any atom is 0.224 e. The Kier molecular flexibility index (Phi) is 6.21. The van der Waals surface area contributed by atoms with Gasteiger partial charge in [-0.15, -0.1) is 0 Å². The lowest BCUT2D eigenvalue weighted by Gasteiger charge is -2.08. The van der Waals surface area contributed by atoms with Crippen LogP contribution in [0.1, 0.15) is 18.5 Å². The number of aryl methyl sites for hydroxylation is 1. The molecule has 0 spiro atoms. The minimum Gasteiger partial charge on any atom is -0.492 e. The van der Waals surface area contributed by atoms with Crippen molar-refractivity contribution in [3.63, 3.8) is 0 Å². The fourth-order valence-corrected chi connectivity index (χ4v) is 2.50. The number of hydrogen-bond donors (Lipinski definition) is 1. The summed E-state index contributed by atoms with van der Waals surface area (Å²) in [4.78, 5) is 15.9. The van der Waals surface area contributed by atoms with E-state index in [9.17, 15) is 4.79 Å². The van der Waals surface area contributed by atoms with Crippen LogP contribution in [0.4, 0.5) is 5.69 Å². The van der Waals surface area contributed by atoms with Crippen molar-refractivity contribution in [3.8, 4) is 5.75 Å². The fourth-order valence-electron chi connectivity index (χ4n) is 1.77. The molecule has 0 unspecified atom stereocenters. The Labute approximate surface area is 143 Å². The van der Waals surface area contributed by atoms with Crippen molar-refractivity contribution < 1.29 is 9.53 Å². The molecule has 2 rings (SSSR count). The number of carbonyl (C=O) groups excluding carboxylic acids is 1. The molecule has 4 nitrogen and oxygen atoms in total. The number of benzene rings is 1. The molecule has 22 heavy (non-hydrogen) atoms. The van der Waals surface area contributed by atoms with Crippen LogP contribution in [0.3, 0.4) is 0 Å². The highest BCUT2D eigenvalue weighted by Gasteiger charge is 2.05. The molecule has 1 N–H and O–H groups in total. The molecular weight excluding hydrogens is 368 g/mol. The molecule has 2 aromatic rings. The van der Waals surface area contributed by atoms with E-state index in [2.05, 4.69) is 26.2 Å². The van der Waals surface area contributed by atoms with Crippen LogP contribution in [0.25, 0.3) is 0 Å². The molecule has 1 aromatic heterocycles. The number of hydrogen-bond acceptors (Lipinski definition) is 3. The van der Waals surface area contributed by atoms with Crippen LogP contribution in [0.5, 0.6) is 5.75 Å². The minimum absolute atomic E-state index is 0.0591. The van der Waals surface area contributed by atoms with Gasteiger partial charge in [-0.3, -0.25) is 9.78 Å². The highest BCUT2D eigenvalue weighted by Crippen LogP contribution is 2.27. The Morgan fingerprint density at radius 2 is 2.18 bits per heavy atom. The number of aromatic nitrogens is 1. The second kappa shape index (κ2) is 8.15. The van der Waals surface area contributed by atoms with Gasteiger partial charge in [-0.05, 0) is 43.7 Å². The van der Waals surface area contributed by atoms with Crippen molar-refractivity contribution in [3.05, 3.63) is 51.7 Å². The zero-order valence-electron chi connectivity index (χ0n) is 12.1. The van der Waals surface area contributed by atoms with Gasteiger partial charge in [-0.25, -0.2) is 0 Å². The van der Waals surface area contributed by atoms with Gasteiger partial charge in [0, 0.05) is 16.6 Å². The van der Waals surface area contributed by atoms with Crippen LogP contribution in [-0.2, 0) is 4.79 Å². The predicted octanol–water partition coefficient (Wildman–Crippen LogP) is 4.60. The smallest absolute Gasteiger partial charge is 0.224 e. The molecule has 0 atom stereocenters. The highest BCUT2D eigenvalue weighted by atomic mass is 79.9. The van der Waals surface area contributed by atoms with Crippen molar-refractivity contribution >= 4 is 39.1 Å². The van der Waals surface area contributed by atoms with Gasteiger partial charge in [-0.2, -0.15) is 0 Å². The van der Waals surface area contributed by atoms with E-state index < -0.39 is 0 Å². The SMILES string of the molecule is Cc1ccc(NC(=O)CCCOc2ccc(Br)cc2Cl)cn1. The number of rotatable bonds is 6. The van der Waals surface area contributed by atoms with E-state index in [0.29, 0.717) is 35.9 Å². The number of amides is 1. The average Bonchev–Trinajstić information content (AvgIpc) is 2.48. The molecule has 0 saturated carbocycles. The summed E-state index contributed by atoms with van der Waals surface area (Å²) in [6.07, 6.45) is 2.63. The third-order valence-corrected chi connectivity index (χ3v) is 3.68. The maximum atomic E-state index is 11.8. The predicted molar refractivity (Wildman–Crippen MR) is 91.5 cm³/mol. The number of anilines is 1. The third-order valence-electron chi connectivity index (χ3n) is 2.89. The van der Waals surface area contributed by atoms with Gasteiger partial charge >= 0.3 is 0 Å². The monoisotopic (exact) mass is 382 g/mol. The Bertz CT molecular complexity index is 647. The standard InChI is InChI=1S/C16H16BrClN2O2/c1-11-4-6-13(10-19-11)20-16(21)3-2-8-22-15-7-5-12(17)9-14(15)18/h4-7,9-10H,2-3,8H2,1H3,(H,20,21). The summed E-state index contributed by atoms with van der Waals surface area (Å²) >= 11 is 9.38. The minimum atomic E-state index is -0.0591. The number of pyridine rings is 1. The molecule has 116 valence electrons. The van der Waals surface area contributed by atoms with Crippen LogP contribution < -0.4 is 10.1 Å². The van der Waals surface area contributed by atoms with E-state index in [1.807, 2.05) is 25.1 Å². The Morgan fingerprint density at radius 1 is 1.36 bits per heavy atom. The second-order valence-electron chi connectivity index (χ2n) is 4.76. The number of ether oxygens (including phenoxy) is 1. The molecule has 0 radical (unpaired) electrons. The van der Waals surface area contributed by atoms with Gasteiger partial charge in [0.2, 0.25) is 5.91 Å².